The largest absolute Gasteiger partial charge is 0.459 e. The third-order valence-electron chi connectivity index (χ3n) is 2.96. The number of nitrogens with one attached hydrogen (secondary N) is 1. The second-order valence-electron chi connectivity index (χ2n) is 4.22. The molecule has 1 aromatic carbocycles. The summed E-state index contributed by atoms with van der Waals surface area (Å²) in [6.07, 6.45) is 2.70. The van der Waals surface area contributed by atoms with E-state index < -0.39 is 11.9 Å². The average Bonchev–Trinajstić information content (AvgIpc) is 2.83. The van der Waals surface area contributed by atoms with E-state index in [1.165, 1.54) is 6.07 Å². The molecule has 0 aliphatic carbocycles. The quantitative estimate of drug-likeness (QED) is 0.559. The molecule has 96 valence electrons. The van der Waals surface area contributed by atoms with Crippen LogP contribution in [0.4, 0.5) is 4.39 Å². The highest BCUT2D eigenvalue weighted by Gasteiger charge is 2.18. The molecule has 0 spiro atoms. The average molecular weight is 257 g/mol. The van der Waals surface area contributed by atoms with Gasteiger partial charge in [0.2, 0.25) is 0 Å². The fraction of sp³-hybridized carbons (Fsp3) is 0.0714. The van der Waals surface area contributed by atoms with Crippen LogP contribution in [0.25, 0.3) is 11.0 Å². The molecule has 3 aromatic rings. The minimum atomic E-state index is -0.435. The Labute approximate surface area is 109 Å². The Morgan fingerprint density at radius 2 is 2.05 bits per heavy atom. The van der Waals surface area contributed by atoms with Gasteiger partial charge in [-0.25, -0.2) is 9.82 Å². The fourth-order valence-corrected chi connectivity index (χ4v) is 2.07. The Balaban J connectivity index is 2.06. The summed E-state index contributed by atoms with van der Waals surface area (Å²) in [5.74, 6) is 5.76. The number of nitrogens with two attached hydrogens (primary N) is 1. The van der Waals surface area contributed by atoms with Crippen molar-refractivity contribution in [3.05, 3.63) is 65.9 Å². The van der Waals surface area contributed by atoms with Crippen molar-refractivity contribution < 1.29 is 8.81 Å². The van der Waals surface area contributed by atoms with E-state index in [2.05, 4.69) is 10.4 Å². The zero-order valence-corrected chi connectivity index (χ0v) is 10.0. The van der Waals surface area contributed by atoms with Gasteiger partial charge in [-0.05, 0) is 23.8 Å². The van der Waals surface area contributed by atoms with Crippen LogP contribution in [0.2, 0.25) is 0 Å². The van der Waals surface area contributed by atoms with E-state index in [1.54, 1.807) is 6.20 Å². The zero-order valence-electron chi connectivity index (χ0n) is 10.0. The molecule has 0 fully saturated rings. The van der Waals surface area contributed by atoms with Gasteiger partial charge >= 0.3 is 0 Å². The number of hydrogen-bond donors (Lipinski definition) is 2. The molecule has 0 aliphatic heterocycles. The first kappa shape index (κ1) is 11.8. The van der Waals surface area contributed by atoms with Crippen LogP contribution < -0.4 is 11.3 Å². The number of nitrogens with zero attached hydrogens (tertiary/aromatic N) is 1. The zero-order chi connectivity index (χ0) is 13.2. The smallest absolute Gasteiger partial charge is 0.141 e. The lowest BCUT2D eigenvalue weighted by molar-refractivity contribution is 0.474. The maximum atomic E-state index is 13.2. The van der Waals surface area contributed by atoms with Crippen LogP contribution in [-0.2, 0) is 0 Å². The number of halogens is 1. The van der Waals surface area contributed by atoms with E-state index in [1.807, 2.05) is 30.3 Å². The molecular formula is C14H12FN3O. The third-order valence-corrected chi connectivity index (χ3v) is 2.96. The van der Waals surface area contributed by atoms with Gasteiger partial charge < -0.3 is 4.42 Å². The number of hydrogen-bond acceptors (Lipinski definition) is 4. The molecule has 0 saturated heterocycles. The molecule has 19 heavy (non-hydrogen) atoms. The molecule has 0 bridgehead atoms. The van der Waals surface area contributed by atoms with Crippen LogP contribution in [0.15, 0.2) is 53.2 Å². The Morgan fingerprint density at radius 3 is 2.79 bits per heavy atom. The summed E-state index contributed by atoms with van der Waals surface area (Å²) in [4.78, 5) is 3.82. The van der Waals surface area contributed by atoms with Crippen molar-refractivity contribution in [2.45, 2.75) is 6.04 Å². The molecule has 0 aliphatic rings. The first-order valence-electron chi connectivity index (χ1n) is 5.83. The topological polar surface area (TPSA) is 64.1 Å². The van der Waals surface area contributed by atoms with Crippen LogP contribution in [-0.4, -0.2) is 4.98 Å². The van der Waals surface area contributed by atoms with Crippen LogP contribution >= 0.6 is 0 Å². The lowest BCUT2D eigenvalue weighted by Crippen LogP contribution is -2.28. The summed E-state index contributed by atoms with van der Waals surface area (Å²) in [6, 6.07) is 10.5. The molecule has 3 rings (SSSR count). The van der Waals surface area contributed by atoms with Crippen LogP contribution in [0.1, 0.15) is 17.4 Å². The summed E-state index contributed by atoms with van der Waals surface area (Å²) in [6.45, 7) is 0. The van der Waals surface area contributed by atoms with Gasteiger partial charge in [0.1, 0.15) is 23.2 Å². The van der Waals surface area contributed by atoms with E-state index in [0.29, 0.717) is 11.3 Å². The Kier molecular flexibility index (Phi) is 2.98. The van der Waals surface area contributed by atoms with Gasteiger partial charge in [-0.15, -0.1) is 0 Å². The van der Waals surface area contributed by atoms with Gasteiger partial charge in [-0.3, -0.25) is 10.8 Å². The Hall–Kier alpha value is -2.24. The van der Waals surface area contributed by atoms with Crippen LogP contribution in [0, 0.1) is 5.82 Å². The number of benzene rings is 1. The second-order valence-corrected chi connectivity index (χ2v) is 4.22. The maximum absolute atomic E-state index is 13.2. The van der Waals surface area contributed by atoms with Gasteiger partial charge in [0.15, 0.2) is 0 Å². The molecule has 0 amide bonds. The number of fused-ring (bicyclic) bond motifs is 1. The summed E-state index contributed by atoms with van der Waals surface area (Å²) in [5.41, 5.74) is 4.00. The van der Waals surface area contributed by atoms with Crippen LogP contribution in [0.5, 0.6) is 0 Å². The van der Waals surface area contributed by atoms with Gasteiger partial charge in [0, 0.05) is 11.6 Å². The number of furan rings is 1. The monoisotopic (exact) mass is 257 g/mol. The molecule has 5 heteroatoms. The first-order valence-corrected chi connectivity index (χ1v) is 5.83. The van der Waals surface area contributed by atoms with Gasteiger partial charge in [0.25, 0.3) is 0 Å². The molecule has 0 radical (unpaired) electrons. The van der Waals surface area contributed by atoms with Crippen molar-refractivity contribution >= 4 is 11.0 Å². The minimum Gasteiger partial charge on any atom is -0.459 e. The van der Waals surface area contributed by atoms with E-state index >= 15 is 0 Å². The highest BCUT2D eigenvalue weighted by Crippen LogP contribution is 2.27. The number of para-hydroxylation sites is 1. The predicted octanol–water partition coefficient (Wildman–Crippen LogP) is 2.52. The molecule has 1 unspecified atom stereocenters. The Morgan fingerprint density at radius 1 is 1.21 bits per heavy atom. The van der Waals surface area contributed by atoms with Crippen molar-refractivity contribution in [3.8, 4) is 0 Å². The summed E-state index contributed by atoms with van der Waals surface area (Å²) < 4.78 is 18.9. The van der Waals surface area contributed by atoms with Crippen molar-refractivity contribution in [1.82, 2.24) is 10.4 Å². The number of hydrazine groups is 1. The lowest BCUT2D eigenvalue weighted by atomic mass is 10.1. The standard InChI is InChI=1S/C14H12FN3O/c15-11-5-10(7-17-8-11)14(18-16)13-6-9-3-1-2-4-12(9)19-13/h1-8,14,18H,16H2. The predicted molar refractivity (Wildman–Crippen MR) is 69.6 cm³/mol. The number of aromatic nitrogens is 1. The van der Waals surface area contributed by atoms with E-state index in [0.717, 1.165) is 17.2 Å². The second kappa shape index (κ2) is 4.79. The van der Waals surface area contributed by atoms with Gasteiger partial charge in [-0.1, -0.05) is 18.2 Å². The Bertz CT molecular complexity index is 677. The van der Waals surface area contributed by atoms with E-state index in [-0.39, 0.29) is 0 Å². The summed E-state index contributed by atoms with van der Waals surface area (Å²) in [7, 11) is 0. The van der Waals surface area contributed by atoms with Crippen molar-refractivity contribution in [2.24, 2.45) is 5.84 Å². The SMILES string of the molecule is NNC(c1cncc(F)c1)c1cc2ccccc2o1. The number of rotatable bonds is 3. The van der Waals surface area contributed by atoms with Crippen molar-refractivity contribution in [2.75, 3.05) is 0 Å². The van der Waals surface area contributed by atoms with Crippen molar-refractivity contribution in [3.63, 3.8) is 0 Å². The third kappa shape index (κ3) is 2.21. The first-order chi connectivity index (χ1) is 9.28. The van der Waals surface area contributed by atoms with Gasteiger partial charge in [-0.2, -0.15) is 0 Å². The molecule has 0 saturated carbocycles. The van der Waals surface area contributed by atoms with Gasteiger partial charge in [0.05, 0.1) is 6.20 Å². The normalized spacial score (nSPS) is 12.7. The highest BCUT2D eigenvalue weighted by atomic mass is 19.1. The molecule has 3 N–H and O–H groups in total. The highest BCUT2D eigenvalue weighted by molar-refractivity contribution is 5.77. The summed E-state index contributed by atoms with van der Waals surface area (Å²) in [5, 5.41) is 0.974. The molecule has 2 aromatic heterocycles. The lowest BCUT2D eigenvalue weighted by Gasteiger charge is -2.12. The van der Waals surface area contributed by atoms with Crippen molar-refractivity contribution in [1.29, 1.82) is 0 Å². The maximum Gasteiger partial charge on any atom is 0.141 e. The van der Waals surface area contributed by atoms with Crippen LogP contribution in [0.3, 0.4) is 0 Å². The molecule has 1 atom stereocenters. The fourth-order valence-electron chi connectivity index (χ4n) is 2.07. The number of pyridine rings is 1. The molecular weight excluding hydrogens is 245 g/mol. The van der Waals surface area contributed by atoms with E-state index in [4.69, 9.17) is 10.3 Å². The summed E-state index contributed by atoms with van der Waals surface area (Å²) >= 11 is 0. The molecule has 2 heterocycles. The minimum absolute atomic E-state index is 0.408. The van der Waals surface area contributed by atoms with E-state index in [9.17, 15) is 4.39 Å². The molecule has 4 nitrogen and oxygen atoms in total.